The van der Waals surface area contributed by atoms with Crippen molar-refractivity contribution in [1.29, 1.82) is 0 Å². The highest BCUT2D eigenvalue weighted by Crippen LogP contribution is 2.22. The van der Waals surface area contributed by atoms with Crippen molar-refractivity contribution < 1.29 is 8.42 Å². The molecule has 0 fully saturated rings. The Morgan fingerprint density at radius 2 is 2.21 bits per heavy atom. The monoisotopic (exact) mass is 298 g/mol. The lowest BCUT2D eigenvalue weighted by Crippen LogP contribution is -2.27. The number of thiazole rings is 1. The Hall–Kier alpha value is -1.51. The van der Waals surface area contributed by atoms with Gasteiger partial charge in [0.2, 0.25) is 10.0 Å². The fourth-order valence-electron chi connectivity index (χ4n) is 1.53. The molecule has 0 saturated heterocycles. The lowest BCUT2D eigenvalue weighted by molar-refractivity contribution is 0.566. The van der Waals surface area contributed by atoms with Gasteiger partial charge in [-0.25, -0.2) is 18.1 Å². The molecule has 0 aliphatic carbocycles. The third kappa shape index (κ3) is 3.09. The molecular weight excluding hydrogens is 284 g/mol. The zero-order valence-electron chi connectivity index (χ0n) is 10.5. The number of pyridine rings is 1. The minimum Gasteiger partial charge on any atom is -0.398 e. The lowest BCUT2D eigenvalue weighted by Gasteiger charge is -2.12. The quantitative estimate of drug-likeness (QED) is 0.890. The number of hydrogen-bond donors (Lipinski definition) is 2. The van der Waals surface area contributed by atoms with Gasteiger partial charge in [-0.05, 0) is 19.9 Å². The van der Waals surface area contributed by atoms with Crippen molar-refractivity contribution in [3.8, 4) is 0 Å². The third-order valence-corrected chi connectivity index (χ3v) is 5.17. The highest BCUT2D eigenvalue weighted by Gasteiger charge is 2.22. The van der Waals surface area contributed by atoms with Crippen molar-refractivity contribution in [1.82, 2.24) is 14.7 Å². The van der Waals surface area contributed by atoms with Crippen molar-refractivity contribution >= 4 is 27.0 Å². The number of hydrogen-bond acceptors (Lipinski definition) is 6. The molecule has 19 heavy (non-hydrogen) atoms. The Morgan fingerprint density at radius 1 is 1.47 bits per heavy atom. The van der Waals surface area contributed by atoms with Gasteiger partial charge in [-0.2, -0.15) is 0 Å². The van der Waals surface area contributed by atoms with Crippen LogP contribution >= 0.6 is 11.3 Å². The second-order valence-corrected chi connectivity index (χ2v) is 6.66. The van der Waals surface area contributed by atoms with Crippen LogP contribution in [0.2, 0.25) is 0 Å². The highest BCUT2D eigenvalue weighted by molar-refractivity contribution is 7.89. The molecule has 0 aliphatic heterocycles. The van der Waals surface area contributed by atoms with Gasteiger partial charge in [0.15, 0.2) is 0 Å². The maximum Gasteiger partial charge on any atom is 0.244 e. The van der Waals surface area contributed by atoms with Crippen LogP contribution in [0.3, 0.4) is 0 Å². The van der Waals surface area contributed by atoms with E-state index in [1.54, 1.807) is 6.92 Å². The number of nitrogens with zero attached hydrogens (tertiary/aromatic N) is 2. The molecule has 2 aromatic rings. The first-order chi connectivity index (χ1) is 8.90. The van der Waals surface area contributed by atoms with Gasteiger partial charge in [0.1, 0.15) is 9.90 Å². The summed E-state index contributed by atoms with van der Waals surface area (Å²) in [5.41, 5.74) is 6.69. The van der Waals surface area contributed by atoms with E-state index in [4.69, 9.17) is 5.73 Å². The zero-order valence-corrected chi connectivity index (χ0v) is 12.1. The molecule has 0 amide bonds. The molecule has 6 nitrogen and oxygen atoms in total. The Morgan fingerprint density at radius 3 is 2.79 bits per heavy atom. The molecule has 1 atom stereocenters. The summed E-state index contributed by atoms with van der Waals surface area (Å²) in [6, 6.07) is 1.04. The van der Waals surface area contributed by atoms with E-state index >= 15 is 0 Å². The van der Waals surface area contributed by atoms with Crippen LogP contribution < -0.4 is 10.5 Å². The van der Waals surface area contributed by atoms with E-state index in [2.05, 4.69) is 14.7 Å². The molecule has 2 rings (SSSR count). The van der Waals surface area contributed by atoms with Crippen LogP contribution in [0.15, 0.2) is 28.7 Å². The van der Waals surface area contributed by atoms with Crippen LogP contribution in [0, 0.1) is 6.92 Å². The zero-order chi connectivity index (χ0) is 14.0. The van der Waals surface area contributed by atoms with E-state index < -0.39 is 16.1 Å². The van der Waals surface area contributed by atoms with Gasteiger partial charge in [-0.15, -0.1) is 11.3 Å². The van der Waals surface area contributed by atoms with Crippen molar-refractivity contribution in [2.45, 2.75) is 24.8 Å². The van der Waals surface area contributed by atoms with E-state index in [1.807, 2.05) is 12.3 Å². The molecule has 3 N–H and O–H groups in total. The molecule has 0 bridgehead atoms. The van der Waals surface area contributed by atoms with E-state index in [1.165, 1.54) is 29.8 Å². The summed E-state index contributed by atoms with van der Waals surface area (Å²) in [5.74, 6) is 0. The summed E-state index contributed by atoms with van der Waals surface area (Å²) in [6.07, 6.45) is 2.68. The fourth-order valence-corrected chi connectivity index (χ4v) is 3.69. The molecule has 2 heterocycles. The molecular formula is C11H14N4O2S2. The molecule has 0 aromatic carbocycles. The number of nitrogen functional groups attached to an aromatic ring is 1. The Balaban J connectivity index is 2.25. The number of rotatable bonds is 4. The van der Waals surface area contributed by atoms with Crippen LogP contribution in [0.5, 0.6) is 0 Å². The first-order valence-electron chi connectivity index (χ1n) is 5.54. The SMILES string of the molecule is Cc1csc(C(C)NS(=O)(=O)c2cnccc2N)n1. The summed E-state index contributed by atoms with van der Waals surface area (Å²) in [7, 11) is -3.70. The predicted molar refractivity (Wildman–Crippen MR) is 74.2 cm³/mol. The van der Waals surface area contributed by atoms with Gasteiger partial charge in [0.05, 0.1) is 11.7 Å². The summed E-state index contributed by atoms with van der Waals surface area (Å²) < 4.78 is 26.9. The summed E-state index contributed by atoms with van der Waals surface area (Å²) in [4.78, 5) is 8.02. The van der Waals surface area contributed by atoms with Crippen molar-refractivity contribution in [3.63, 3.8) is 0 Å². The molecule has 0 saturated carbocycles. The van der Waals surface area contributed by atoms with Crippen molar-refractivity contribution in [2.24, 2.45) is 0 Å². The molecule has 8 heteroatoms. The highest BCUT2D eigenvalue weighted by atomic mass is 32.2. The normalized spacial score (nSPS) is 13.4. The second kappa shape index (κ2) is 5.24. The van der Waals surface area contributed by atoms with Gasteiger partial charge in [-0.1, -0.05) is 0 Å². The minimum atomic E-state index is -3.70. The second-order valence-electron chi connectivity index (χ2n) is 4.08. The Bertz CT molecular complexity index is 682. The number of nitrogens with one attached hydrogen (secondary N) is 1. The predicted octanol–water partition coefficient (Wildman–Crippen LogP) is 1.47. The smallest absolute Gasteiger partial charge is 0.244 e. The van der Waals surface area contributed by atoms with Crippen LogP contribution in [0.1, 0.15) is 23.7 Å². The van der Waals surface area contributed by atoms with E-state index in [0.717, 1.165) is 5.69 Å². The van der Waals surface area contributed by atoms with Crippen LogP contribution in [0.25, 0.3) is 0 Å². The topological polar surface area (TPSA) is 98.0 Å². The number of sulfonamides is 1. The van der Waals surface area contributed by atoms with E-state index in [9.17, 15) is 8.42 Å². The Labute approximate surface area is 115 Å². The third-order valence-electron chi connectivity index (χ3n) is 2.45. The first-order valence-corrected chi connectivity index (χ1v) is 7.90. The average Bonchev–Trinajstić information content (AvgIpc) is 2.76. The summed E-state index contributed by atoms with van der Waals surface area (Å²) in [5, 5.41) is 2.59. The van der Waals surface area contributed by atoms with E-state index in [-0.39, 0.29) is 10.6 Å². The van der Waals surface area contributed by atoms with Crippen molar-refractivity contribution in [2.75, 3.05) is 5.73 Å². The van der Waals surface area contributed by atoms with Crippen LogP contribution in [-0.4, -0.2) is 18.4 Å². The maximum atomic E-state index is 12.2. The molecule has 1 unspecified atom stereocenters. The maximum absolute atomic E-state index is 12.2. The average molecular weight is 298 g/mol. The van der Waals surface area contributed by atoms with Gasteiger partial charge < -0.3 is 5.73 Å². The standard InChI is InChI=1S/C11H14N4O2S2/c1-7-6-18-11(14-7)8(2)15-19(16,17)10-5-13-4-3-9(10)12/h3-6,8,15H,1-2H3,(H2,12,13). The van der Waals surface area contributed by atoms with Crippen LogP contribution in [-0.2, 0) is 10.0 Å². The first kappa shape index (κ1) is 13.9. The van der Waals surface area contributed by atoms with Crippen LogP contribution in [0.4, 0.5) is 5.69 Å². The number of nitrogens with two attached hydrogens (primary N) is 1. The number of anilines is 1. The fraction of sp³-hybridized carbons (Fsp3) is 0.273. The molecule has 2 aromatic heterocycles. The molecule has 0 radical (unpaired) electrons. The lowest BCUT2D eigenvalue weighted by atomic mass is 10.4. The van der Waals surface area contributed by atoms with Gasteiger partial charge >= 0.3 is 0 Å². The molecule has 0 aliphatic rings. The summed E-state index contributed by atoms with van der Waals surface area (Å²) >= 11 is 1.41. The molecule has 102 valence electrons. The largest absolute Gasteiger partial charge is 0.398 e. The number of aromatic nitrogens is 2. The number of aryl methyl sites for hydroxylation is 1. The van der Waals surface area contributed by atoms with Gasteiger partial charge in [0, 0.05) is 23.5 Å². The van der Waals surface area contributed by atoms with Gasteiger partial charge in [0.25, 0.3) is 0 Å². The minimum absolute atomic E-state index is 0.0184. The Kier molecular flexibility index (Phi) is 3.83. The molecule has 0 spiro atoms. The van der Waals surface area contributed by atoms with Crippen molar-refractivity contribution in [3.05, 3.63) is 34.5 Å². The summed E-state index contributed by atoms with van der Waals surface area (Å²) in [6.45, 7) is 3.60. The van der Waals surface area contributed by atoms with E-state index in [0.29, 0.717) is 5.01 Å². The van der Waals surface area contributed by atoms with Gasteiger partial charge in [-0.3, -0.25) is 4.98 Å².